The molecule has 11 aromatic rings. The number of hydrogen-bond acceptors (Lipinski definition) is 4. The van der Waals surface area contributed by atoms with Crippen LogP contribution in [0.3, 0.4) is 0 Å². The lowest BCUT2D eigenvalue weighted by molar-refractivity contribution is 0.136. The Morgan fingerprint density at radius 1 is 0.422 bits per heavy atom. The van der Waals surface area contributed by atoms with Crippen LogP contribution in [0.15, 0.2) is 188 Å². The number of aromatic nitrogens is 4. The number of fused-ring (bicyclic) bond motifs is 9. The first kappa shape index (κ1) is 37.4. The summed E-state index contributed by atoms with van der Waals surface area (Å²) in [6.45, 7) is 0. The third kappa shape index (κ3) is 6.13. The van der Waals surface area contributed by atoms with Gasteiger partial charge in [0.05, 0.1) is 16.7 Å². The number of rotatable bonds is 7. The highest BCUT2D eigenvalue weighted by atomic mass is 32.1. The van der Waals surface area contributed by atoms with Crippen LogP contribution in [-0.2, 0) is 5.41 Å². The predicted molar refractivity (Wildman–Crippen MR) is 267 cm³/mol. The van der Waals surface area contributed by atoms with E-state index in [-0.39, 0.29) is 0 Å². The Kier molecular flexibility index (Phi) is 8.73. The van der Waals surface area contributed by atoms with Gasteiger partial charge in [0, 0.05) is 47.6 Å². The van der Waals surface area contributed by atoms with Crippen LogP contribution in [-0.4, -0.2) is 19.5 Å². The van der Waals surface area contributed by atoms with Gasteiger partial charge in [0.15, 0.2) is 17.5 Å². The Labute approximate surface area is 376 Å². The number of hydrogen-bond donors (Lipinski definition) is 0. The van der Waals surface area contributed by atoms with Crippen LogP contribution in [0.5, 0.6) is 0 Å². The van der Waals surface area contributed by atoms with Crippen LogP contribution in [0.1, 0.15) is 44.1 Å². The maximum Gasteiger partial charge on any atom is 0.166 e. The molecule has 3 fully saturated rings. The van der Waals surface area contributed by atoms with Crippen LogP contribution in [0.2, 0.25) is 0 Å². The molecule has 0 radical (unpaired) electrons. The van der Waals surface area contributed by atoms with Gasteiger partial charge in [-0.05, 0) is 120 Å². The Morgan fingerprint density at radius 3 is 1.86 bits per heavy atom. The largest absolute Gasteiger partial charge is 0.308 e. The number of nitrogens with zero attached hydrogens (tertiary/aromatic N) is 4. The summed E-state index contributed by atoms with van der Waals surface area (Å²) < 4.78 is 5.04. The fraction of sp³-hybridized carbons (Fsp3) is 0.136. The smallest absolute Gasteiger partial charge is 0.166 e. The molecule has 4 nitrogen and oxygen atoms in total. The normalized spacial score (nSPS) is 17.2. The van der Waals surface area contributed by atoms with Crippen molar-refractivity contribution in [3.8, 4) is 62.1 Å². The molecule has 0 aliphatic heterocycles. The summed E-state index contributed by atoms with van der Waals surface area (Å²) in [5, 5.41) is 5.15. The molecular formula is C59H44N4S. The Balaban J connectivity index is 1.02. The standard InChI is InChI=1S/C59H44N4S/c1-3-13-39(14-4-1)41-25-27-49(53(36-41)63-51-23-9-7-19-46(51)50-37-44(26-28-52(50)63)59-32-29-38(30-33-59)31-34-59)58-61-56(40-15-5-2-6-16-40)60-57(62-58)43-18-11-17-42(35-43)45-21-12-22-48-47-20-8-10-24-54(47)64-55(45)48/h1-28,35-38H,29-34H2. The van der Waals surface area contributed by atoms with E-state index in [1.54, 1.807) is 0 Å². The van der Waals surface area contributed by atoms with E-state index < -0.39 is 0 Å². The van der Waals surface area contributed by atoms with Crippen LogP contribution >= 0.6 is 11.3 Å². The monoisotopic (exact) mass is 840 g/mol. The first-order valence-corrected chi connectivity index (χ1v) is 23.5. The summed E-state index contributed by atoms with van der Waals surface area (Å²) in [5.41, 5.74) is 12.7. The minimum Gasteiger partial charge on any atom is -0.308 e. The summed E-state index contributed by atoms with van der Waals surface area (Å²) in [7, 11) is 0. The van der Waals surface area contributed by atoms with E-state index >= 15 is 0 Å². The molecule has 0 N–H and O–H groups in total. The molecule has 306 valence electrons. The van der Waals surface area contributed by atoms with Gasteiger partial charge >= 0.3 is 0 Å². The molecule has 3 aromatic heterocycles. The molecule has 0 unspecified atom stereocenters. The van der Waals surface area contributed by atoms with Gasteiger partial charge in [-0.2, -0.15) is 0 Å². The first-order chi connectivity index (χ1) is 31.7. The summed E-state index contributed by atoms with van der Waals surface area (Å²) in [6.07, 6.45) is 8.00. The highest BCUT2D eigenvalue weighted by Crippen LogP contribution is 2.52. The zero-order chi connectivity index (χ0) is 42.2. The molecule has 3 aliphatic carbocycles. The molecule has 3 heterocycles. The molecule has 14 rings (SSSR count). The second kappa shape index (κ2) is 15.0. The highest BCUT2D eigenvalue weighted by molar-refractivity contribution is 7.26. The SMILES string of the molecule is c1ccc(-c2ccc(-c3nc(-c4ccccc4)nc(-c4cccc(-c5cccc6c5sc5ccccc56)c4)n3)c(-n3c4ccccc4c4cc(C56CCC(CC5)CC6)ccc43)c2)cc1. The van der Waals surface area contributed by atoms with E-state index in [1.807, 2.05) is 17.4 Å². The van der Waals surface area contributed by atoms with E-state index in [0.29, 0.717) is 22.9 Å². The lowest BCUT2D eigenvalue weighted by Gasteiger charge is -2.47. The zero-order valence-electron chi connectivity index (χ0n) is 35.4. The molecule has 5 heteroatoms. The van der Waals surface area contributed by atoms with Gasteiger partial charge in [0.2, 0.25) is 0 Å². The second-order valence-corrected chi connectivity index (χ2v) is 19.0. The van der Waals surface area contributed by atoms with Crippen molar-refractivity contribution < 1.29 is 0 Å². The summed E-state index contributed by atoms with van der Waals surface area (Å²) in [6, 6.07) is 68.2. The van der Waals surface area contributed by atoms with Gasteiger partial charge < -0.3 is 4.57 Å². The lowest BCUT2D eigenvalue weighted by atomic mass is 9.58. The molecule has 64 heavy (non-hydrogen) atoms. The van der Waals surface area contributed by atoms with E-state index in [1.165, 1.54) is 91.6 Å². The van der Waals surface area contributed by atoms with Crippen molar-refractivity contribution in [3.05, 3.63) is 194 Å². The van der Waals surface area contributed by atoms with Crippen molar-refractivity contribution in [3.63, 3.8) is 0 Å². The maximum atomic E-state index is 5.43. The van der Waals surface area contributed by atoms with E-state index in [9.17, 15) is 0 Å². The van der Waals surface area contributed by atoms with Crippen molar-refractivity contribution in [1.29, 1.82) is 0 Å². The van der Waals surface area contributed by atoms with E-state index in [4.69, 9.17) is 15.0 Å². The second-order valence-electron chi connectivity index (χ2n) is 18.0. The average Bonchev–Trinajstić information content (AvgIpc) is 3.93. The molecule has 0 atom stereocenters. The molecule has 0 spiro atoms. The van der Waals surface area contributed by atoms with Gasteiger partial charge in [-0.15, -0.1) is 11.3 Å². The Bertz CT molecular complexity index is 3560. The Morgan fingerprint density at radius 2 is 1.05 bits per heavy atom. The van der Waals surface area contributed by atoms with Crippen LogP contribution < -0.4 is 0 Å². The van der Waals surface area contributed by atoms with Crippen molar-refractivity contribution in [1.82, 2.24) is 19.5 Å². The topological polar surface area (TPSA) is 43.6 Å². The molecule has 0 amide bonds. The lowest BCUT2D eigenvalue weighted by Crippen LogP contribution is -2.37. The van der Waals surface area contributed by atoms with Crippen molar-refractivity contribution in [2.24, 2.45) is 5.92 Å². The summed E-state index contributed by atoms with van der Waals surface area (Å²) in [4.78, 5) is 16.0. The molecule has 2 bridgehead atoms. The van der Waals surface area contributed by atoms with Gasteiger partial charge in [0.1, 0.15) is 0 Å². The third-order valence-corrected chi connectivity index (χ3v) is 15.7. The van der Waals surface area contributed by atoms with Crippen molar-refractivity contribution >= 4 is 53.3 Å². The Hall–Kier alpha value is -7.21. The molecule has 3 aliphatic rings. The fourth-order valence-corrected chi connectivity index (χ4v) is 12.3. The maximum absolute atomic E-state index is 5.43. The van der Waals surface area contributed by atoms with Gasteiger partial charge in [0.25, 0.3) is 0 Å². The van der Waals surface area contributed by atoms with Gasteiger partial charge in [-0.1, -0.05) is 146 Å². The predicted octanol–water partition coefficient (Wildman–Crippen LogP) is 15.9. The molecular weight excluding hydrogens is 797 g/mol. The van der Waals surface area contributed by atoms with Crippen molar-refractivity contribution in [2.45, 2.75) is 43.9 Å². The highest BCUT2D eigenvalue weighted by Gasteiger charge is 2.41. The van der Waals surface area contributed by atoms with E-state index in [2.05, 4.69) is 187 Å². The minimum atomic E-state index is 0.293. The van der Waals surface area contributed by atoms with Crippen LogP contribution in [0.4, 0.5) is 0 Å². The summed E-state index contributed by atoms with van der Waals surface area (Å²) >= 11 is 1.85. The van der Waals surface area contributed by atoms with Crippen LogP contribution in [0.25, 0.3) is 104 Å². The number of thiophene rings is 1. The number of para-hydroxylation sites is 1. The zero-order valence-corrected chi connectivity index (χ0v) is 36.2. The van der Waals surface area contributed by atoms with Crippen molar-refractivity contribution in [2.75, 3.05) is 0 Å². The van der Waals surface area contributed by atoms with Crippen LogP contribution in [0, 0.1) is 5.92 Å². The third-order valence-electron chi connectivity index (χ3n) is 14.5. The van der Waals surface area contributed by atoms with E-state index in [0.717, 1.165) is 45.0 Å². The molecule has 0 saturated heterocycles. The quantitative estimate of drug-likeness (QED) is 0.161. The van der Waals surface area contributed by atoms with Gasteiger partial charge in [-0.3, -0.25) is 0 Å². The molecule has 3 saturated carbocycles. The number of benzene rings is 8. The van der Waals surface area contributed by atoms with Gasteiger partial charge in [-0.25, -0.2) is 15.0 Å². The minimum absolute atomic E-state index is 0.293. The first-order valence-electron chi connectivity index (χ1n) is 22.7. The molecule has 8 aromatic carbocycles. The summed E-state index contributed by atoms with van der Waals surface area (Å²) in [5.74, 6) is 2.84. The average molecular weight is 841 g/mol. The fourth-order valence-electron chi connectivity index (χ4n) is 11.1.